The number of alkyl halides is 2. The van der Waals surface area contributed by atoms with Gasteiger partial charge in [-0.15, -0.1) is 11.3 Å². The highest BCUT2D eigenvalue weighted by Gasteiger charge is 2.36. The number of nitrogens with zero attached hydrogens (tertiary/aromatic N) is 1. The van der Waals surface area contributed by atoms with Gasteiger partial charge in [0.2, 0.25) is 0 Å². The number of rotatable bonds is 2. The largest absolute Gasteiger partial charge is 0.375 e. The average Bonchev–Trinajstić information content (AvgIpc) is 2.67. The number of hydrogen-bond donors (Lipinski definition) is 1. The van der Waals surface area contributed by atoms with Gasteiger partial charge in [-0.1, -0.05) is 30.3 Å². The van der Waals surface area contributed by atoms with Crippen LogP contribution in [0.25, 0.3) is 0 Å². The van der Waals surface area contributed by atoms with E-state index in [0.717, 1.165) is 11.3 Å². The van der Waals surface area contributed by atoms with E-state index in [1.165, 1.54) is 17.5 Å². The van der Waals surface area contributed by atoms with Crippen LogP contribution in [-0.4, -0.2) is 4.98 Å². The lowest BCUT2D eigenvalue weighted by atomic mass is 10.1. The van der Waals surface area contributed by atoms with Gasteiger partial charge in [-0.05, 0) is 0 Å². The van der Waals surface area contributed by atoms with Crippen molar-refractivity contribution in [2.75, 3.05) is 5.73 Å². The van der Waals surface area contributed by atoms with E-state index in [9.17, 15) is 8.78 Å². The molecule has 1 aromatic heterocycles. The summed E-state index contributed by atoms with van der Waals surface area (Å²) in [6, 6.07) is 7.57. The van der Waals surface area contributed by atoms with Gasteiger partial charge >= 0.3 is 5.92 Å². The summed E-state index contributed by atoms with van der Waals surface area (Å²) < 4.78 is 27.6. The molecule has 1 heterocycles. The van der Waals surface area contributed by atoms with Gasteiger partial charge in [0.1, 0.15) is 5.69 Å². The minimum absolute atomic E-state index is 0.0738. The summed E-state index contributed by atoms with van der Waals surface area (Å²) in [4.78, 5) is 3.61. The summed E-state index contributed by atoms with van der Waals surface area (Å²) >= 11 is 1.01. The molecule has 0 atom stereocenters. The first-order chi connectivity index (χ1) is 7.10. The van der Waals surface area contributed by atoms with Gasteiger partial charge in [0.25, 0.3) is 0 Å². The maximum absolute atomic E-state index is 13.8. The van der Waals surface area contributed by atoms with E-state index in [2.05, 4.69) is 4.98 Å². The van der Waals surface area contributed by atoms with Crippen LogP contribution in [0.15, 0.2) is 35.7 Å². The molecule has 0 radical (unpaired) electrons. The summed E-state index contributed by atoms with van der Waals surface area (Å²) in [6.07, 6.45) is 0. The first-order valence-electron chi connectivity index (χ1n) is 4.25. The Bertz CT molecular complexity index is 453. The lowest BCUT2D eigenvalue weighted by Gasteiger charge is -2.13. The van der Waals surface area contributed by atoms with E-state index in [1.54, 1.807) is 18.2 Å². The number of thiazole rings is 1. The maximum atomic E-state index is 13.8. The summed E-state index contributed by atoms with van der Waals surface area (Å²) in [5.74, 6) is -3.07. The summed E-state index contributed by atoms with van der Waals surface area (Å²) in [6.45, 7) is 0. The van der Waals surface area contributed by atoms with E-state index in [4.69, 9.17) is 5.73 Å². The van der Waals surface area contributed by atoms with Crippen LogP contribution in [0.3, 0.4) is 0 Å². The van der Waals surface area contributed by atoms with Gasteiger partial charge in [-0.3, -0.25) is 0 Å². The van der Waals surface area contributed by atoms with E-state index < -0.39 is 5.92 Å². The number of benzene rings is 1. The molecular weight excluding hydrogens is 218 g/mol. The molecule has 5 heteroatoms. The van der Waals surface area contributed by atoms with Crippen molar-refractivity contribution in [1.29, 1.82) is 0 Å². The molecular formula is C10H8F2N2S. The van der Waals surface area contributed by atoms with Gasteiger partial charge in [-0.2, -0.15) is 8.78 Å². The number of halogens is 2. The fraction of sp³-hybridized carbons (Fsp3) is 0.100. The lowest BCUT2D eigenvalue weighted by molar-refractivity contribution is 0.0388. The molecule has 0 aliphatic heterocycles. The molecule has 0 aliphatic rings. The van der Waals surface area contributed by atoms with Crippen molar-refractivity contribution >= 4 is 16.5 Å². The normalized spacial score (nSPS) is 11.6. The van der Waals surface area contributed by atoms with E-state index in [0.29, 0.717) is 0 Å². The quantitative estimate of drug-likeness (QED) is 0.855. The van der Waals surface area contributed by atoms with Gasteiger partial charge in [0.05, 0.1) is 0 Å². The second-order valence-electron chi connectivity index (χ2n) is 3.01. The Hall–Kier alpha value is -1.49. The third-order valence-electron chi connectivity index (χ3n) is 1.98. The molecule has 2 rings (SSSR count). The van der Waals surface area contributed by atoms with Gasteiger partial charge in [0.15, 0.2) is 5.13 Å². The monoisotopic (exact) mass is 226 g/mol. The SMILES string of the molecule is Nc1nc(C(F)(F)c2ccccc2)cs1. The third kappa shape index (κ3) is 1.83. The van der Waals surface area contributed by atoms with Crippen LogP contribution in [0.1, 0.15) is 11.3 Å². The van der Waals surface area contributed by atoms with Crippen LogP contribution >= 0.6 is 11.3 Å². The van der Waals surface area contributed by atoms with Crippen LogP contribution in [0.2, 0.25) is 0 Å². The predicted octanol–water partition coefficient (Wildman–Crippen LogP) is 2.87. The van der Waals surface area contributed by atoms with Crippen molar-refractivity contribution < 1.29 is 8.78 Å². The minimum Gasteiger partial charge on any atom is -0.375 e. The van der Waals surface area contributed by atoms with E-state index in [-0.39, 0.29) is 16.4 Å². The van der Waals surface area contributed by atoms with Crippen molar-refractivity contribution in [3.63, 3.8) is 0 Å². The number of hydrogen-bond acceptors (Lipinski definition) is 3. The lowest BCUT2D eigenvalue weighted by Crippen LogP contribution is -2.15. The van der Waals surface area contributed by atoms with Crippen molar-refractivity contribution in [2.45, 2.75) is 5.92 Å². The zero-order valence-corrected chi connectivity index (χ0v) is 8.47. The fourth-order valence-corrected chi connectivity index (χ4v) is 1.81. The predicted molar refractivity (Wildman–Crippen MR) is 56.0 cm³/mol. The average molecular weight is 226 g/mol. The smallest absolute Gasteiger partial charge is 0.315 e. The molecule has 0 fully saturated rings. The molecule has 2 aromatic rings. The Morgan fingerprint density at radius 3 is 2.40 bits per heavy atom. The van der Waals surface area contributed by atoms with Crippen LogP contribution in [0, 0.1) is 0 Å². The third-order valence-corrected chi connectivity index (χ3v) is 2.65. The Morgan fingerprint density at radius 2 is 1.87 bits per heavy atom. The molecule has 0 unspecified atom stereocenters. The van der Waals surface area contributed by atoms with Crippen molar-refractivity contribution in [2.24, 2.45) is 0 Å². The topological polar surface area (TPSA) is 38.9 Å². The Kier molecular flexibility index (Phi) is 2.40. The highest BCUT2D eigenvalue weighted by molar-refractivity contribution is 7.13. The van der Waals surface area contributed by atoms with Crippen molar-refractivity contribution in [3.05, 3.63) is 47.0 Å². The molecule has 78 valence electrons. The van der Waals surface area contributed by atoms with Crippen molar-refractivity contribution in [1.82, 2.24) is 4.98 Å². The highest BCUT2D eigenvalue weighted by Crippen LogP contribution is 2.36. The van der Waals surface area contributed by atoms with Crippen LogP contribution in [-0.2, 0) is 5.92 Å². The molecule has 2 N–H and O–H groups in total. The zero-order chi connectivity index (χ0) is 10.9. The second-order valence-corrected chi connectivity index (χ2v) is 3.90. The first kappa shape index (κ1) is 10.0. The van der Waals surface area contributed by atoms with Crippen LogP contribution in [0.4, 0.5) is 13.9 Å². The van der Waals surface area contributed by atoms with Crippen LogP contribution < -0.4 is 5.73 Å². The Balaban J connectivity index is 2.43. The minimum atomic E-state index is -3.07. The van der Waals surface area contributed by atoms with E-state index in [1.807, 2.05) is 0 Å². The van der Waals surface area contributed by atoms with Gasteiger partial charge < -0.3 is 5.73 Å². The van der Waals surface area contributed by atoms with E-state index >= 15 is 0 Å². The molecule has 0 saturated heterocycles. The van der Waals surface area contributed by atoms with Crippen molar-refractivity contribution in [3.8, 4) is 0 Å². The molecule has 0 aliphatic carbocycles. The highest BCUT2D eigenvalue weighted by atomic mass is 32.1. The Morgan fingerprint density at radius 1 is 1.20 bits per heavy atom. The second kappa shape index (κ2) is 3.58. The maximum Gasteiger partial charge on any atom is 0.315 e. The first-order valence-corrected chi connectivity index (χ1v) is 5.13. The Labute approximate surface area is 89.4 Å². The number of nitrogen functional groups attached to an aromatic ring is 1. The molecule has 0 saturated carbocycles. The number of anilines is 1. The molecule has 1 aromatic carbocycles. The molecule has 2 nitrogen and oxygen atoms in total. The molecule has 15 heavy (non-hydrogen) atoms. The number of aromatic nitrogens is 1. The molecule has 0 bridgehead atoms. The molecule has 0 spiro atoms. The van der Waals surface area contributed by atoms with Gasteiger partial charge in [-0.25, -0.2) is 4.98 Å². The standard InChI is InChI=1S/C10H8F2N2S/c11-10(12,7-4-2-1-3-5-7)8-6-15-9(13)14-8/h1-6H,(H2,13,14). The summed E-state index contributed by atoms with van der Waals surface area (Å²) in [5.41, 5.74) is 4.96. The summed E-state index contributed by atoms with van der Waals surface area (Å²) in [7, 11) is 0. The number of nitrogens with two attached hydrogens (primary N) is 1. The molecule has 0 amide bonds. The fourth-order valence-electron chi connectivity index (χ4n) is 1.23. The summed E-state index contributed by atoms with van der Waals surface area (Å²) in [5, 5.41) is 1.43. The van der Waals surface area contributed by atoms with Gasteiger partial charge in [0, 0.05) is 10.9 Å². The zero-order valence-electron chi connectivity index (χ0n) is 7.65. The van der Waals surface area contributed by atoms with Crippen LogP contribution in [0.5, 0.6) is 0 Å².